The molecule has 2 aromatic carbocycles. The van der Waals surface area contributed by atoms with E-state index in [1.54, 1.807) is 11.1 Å². The molecular weight excluding hydrogens is 376 g/mol. The summed E-state index contributed by atoms with van der Waals surface area (Å²) in [6, 6.07) is 15.3. The van der Waals surface area contributed by atoms with Gasteiger partial charge in [0.2, 0.25) is 0 Å². The molecule has 0 saturated heterocycles. The molecule has 0 amide bonds. The smallest absolute Gasteiger partial charge is 0.0477 e. The first-order chi connectivity index (χ1) is 14.2. The molecule has 2 heterocycles. The molecule has 2 nitrogen and oxygen atoms in total. The molecule has 2 aliphatic rings. The molecule has 0 saturated carbocycles. The summed E-state index contributed by atoms with van der Waals surface area (Å²) in [5, 5.41) is 2.12. The topological polar surface area (TPSA) is 19.0 Å². The van der Waals surface area contributed by atoms with E-state index in [2.05, 4.69) is 59.3 Å². The first-order valence-corrected chi connectivity index (χ1v) is 11.4. The number of hydrogen-bond donors (Lipinski definition) is 1. The summed E-state index contributed by atoms with van der Waals surface area (Å²) in [4.78, 5) is 6.29. The fourth-order valence-electron chi connectivity index (χ4n) is 5.28. The average Bonchev–Trinajstić information content (AvgIpc) is 3.30. The number of H-pyrrole nitrogens is 1. The average molecular weight is 405 g/mol. The molecule has 5 rings (SSSR count). The van der Waals surface area contributed by atoms with Crippen LogP contribution in [-0.4, -0.2) is 29.5 Å². The molecule has 1 aromatic heterocycles. The minimum atomic E-state index is 0.701. The van der Waals surface area contributed by atoms with E-state index in [1.807, 2.05) is 6.07 Å². The highest BCUT2D eigenvalue weighted by atomic mass is 35.5. The quantitative estimate of drug-likeness (QED) is 0.508. The molecule has 1 atom stereocenters. The molecule has 3 heteroatoms. The van der Waals surface area contributed by atoms with Crippen molar-refractivity contribution < 1.29 is 0 Å². The third-order valence-corrected chi connectivity index (χ3v) is 6.92. The van der Waals surface area contributed by atoms with Crippen molar-refractivity contribution in [3.05, 3.63) is 75.9 Å². The molecule has 1 N–H and O–H groups in total. The Morgan fingerprint density at radius 3 is 2.86 bits per heavy atom. The zero-order chi connectivity index (χ0) is 19.8. The number of aromatic amines is 1. The Morgan fingerprint density at radius 2 is 2.03 bits per heavy atom. The number of hydrogen-bond acceptors (Lipinski definition) is 1. The number of nitrogens with one attached hydrogen (secondary N) is 1. The van der Waals surface area contributed by atoms with Gasteiger partial charge in [0.15, 0.2) is 0 Å². The van der Waals surface area contributed by atoms with Crippen molar-refractivity contribution in [3.8, 4) is 0 Å². The number of nitrogens with zero attached hydrogens (tertiary/aromatic N) is 1. The minimum absolute atomic E-state index is 0.701. The molecule has 0 spiro atoms. The van der Waals surface area contributed by atoms with Gasteiger partial charge in [0.05, 0.1) is 0 Å². The summed E-state index contributed by atoms with van der Waals surface area (Å²) in [5.74, 6) is 0.701. The summed E-state index contributed by atoms with van der Waals surface area (Å²) >= 11 is 6.24. The highest BCUT2D eigenvalue weighted by Gasteiger charge is 2.25. The molecule has 0 fully saturated rings. The maximum atomic E-state index is 6.24. The Labute approximate surface area is 178 Å². The SMILES string of the molecule is CCCc1[nH]c2cc(Cl)ccc2c1C1=CCN(CC2CCc3ccccc32)CC1. The lowest BCUT2D eigenvalue weighted by Gasteiger charge is -2.29. The Morgan fingerprint density at radius 1 is 1.14 bits per heavy atom. The lowest BCUT2D eigenvalue weighted by Crippen LogP contribution is -2.32. The van der Waals surface area contributed by atoms with E-state index in [4.69, 9.17) is 11.6 Å². The van der Waals surface area contributed by atoms with Crippen LogP contribution in [0.1, 0.15) is 54.5 Å². The highest BCUT2D eigenvalue weighted by molar-refractivity contribution is 6.31. The predicted octanol–water partition coefficient (Wildman–Crippen LogP) is 6.59. The van der Waals surface area contributed by atoms with Gasteiger partial charge in [0.25, 0.3) is 0 Å². The Bertz CT molecular complexity index is 1060. The predicted molar refractivity (Wildman–Crippen MR) is 124 cm³/mol. The van der Waals surface area contributed by atoms with Crippen molar-refractivity contribution >= 4 is 28.1 Å². The van der Waals surface area contributed by atoms with Gasteiger partial charge in [0.1, 0.15) is 0 Å². The van der Waals surface area contributed by atoms with Crippen LogP contribution in [0.2, 0.25) is 5.02 Å². The Balaban J connectivity index is 1.37. The zero-order valence-corrected chi connectivity index (χ0v) is 17.9. The fraction of sp³-hybridized carbons (Fsp3) is 0.385. The van der Waals surface area contributed by atoms with Crippen molar-refractivity contribution in [2.24, 2.45) is 0 Å². The molecular formula is C26H29ClN2. The number of benzene rings is 2. The fourth-order valence-corrected chi connectivity index (χ4v) is 5.45. The van der Waals surface area contributed by atoms with Crippen LogP contribution in [0.4, 0.5) is 0 Å². The van der Waals surface area contributed by atoms with Crippen LogP contribution in [0.25, 0.3) is 16.5 Å². The molecule has 150 valence electrons. The first kappa shape index (κ1) is 19.0. The second-order valence-electron chi connectivity index (χ2n) is 8.59. The summed E-state index contributed by atoms with van der Waals surface area (Å²) in [7, 11) is 0. The van der Waals surface area contributed by atoms with Gasteiger partial charge in [-0.1, -0.05) is 61.4 Å². The van der Waals surface area contributed by atoms with Gasteiger partial charge in [0, 0.05) is 46.8 Å². The second kappa shape index (κ2) is 8.01. The van der Waals surface area contributed by atoms with Crippen LogP contribution in [0, 0.1) is 0 Å². The molecule has 0 bridgehead atoms. The molecule has 1 unspecified atom stereocenters. The summed E-state index contributed by atoms with van der Waals surface area (Å²) in [6.45, 7) is 5.64. The minimum Gasteiger partial charge on any atom is -0.358 e. The number of aromatic nitrogens is 1. The van der Waals surface area contributed by atoms with Gasteiger partial charge in [-0.05, 0) is 60.4 Å². The maximum absolute atomic E-state index is 6.24. The monoisotopic (exact) mass is 404 g/mol. The van der Waals surface area contributed by atoms with E-state index in [1.165, 1.54) is 47.1 Å². The number of fused-ring (bicyclic) bond motifs is 2. The van der Waals surface area contributed by atoms with E-state index in [0.29, 0.717) is 5.92 Å². The van der Waals surface area contributed by atoms with Crippen LogP contribution in [0.5, 0.6) is 0 Å². The van der Waals surface area contributed by atoms with Crippen molar-refractivity contribution in [1.29, 1.82) is 0 Å². The van der Waals surface area contributed by atoms with Gasteiger partial charge in [-0.25, -0.2) is 0 Å². The van der Waals surface area contributed by atoms with Crippen molar-refractivity contribution in [2.45, 2.75) is 44.9 Å². The molecule has 1 aliphatic carbocycles. The number of halogens is 1. The van der Waals surface area contributed by atoms with Crippen LogP contribution in [-0.2, 0) is 12.8 Å². The van der Waals surface area contributed by atoms with E-state index >= 15 is 0 Å². The van der Waals surface area contributed by atoms with Crippen molar-refractivity contribution in [1.82, 2.24) is 9.88 Å². The third-order valence-electron chi connectivity index (χ3n) is 6.69. The van der Waals surface area contributed by atoms with Crippen LogP contribution in [0.3, 0.4) is 0 Å². The van der Waals surface area contributed by atoms with Gasteiger partial charge in [-0.15, -0.1) is 0 Å². The third kappa shape index (κ3) is 3.65. The lowest BCUT2D eigenvalue weighted by atomic mass is 9.94. The summed E-state index contributed by atoms with van der Waals surface area (Å²) in [5.41, 5.74) is 8.62. The molecule has 29 heavy (non-hydrogen) atoms. The van der Waals surface area contributed by atoms with Crippen molar-refractivity contribution in [3.63, 3.8) is 0 Å². The Hall–Kier alpha value is -2.03. The molecule has 1 aliphatic heterocycles. The summed E-state index contributed by atoms with van der Waals surface area (Å²) < 4.78 is 0. The van der Waals surface area contributed by atoms with Crippen LogP contribution in [0.15, 0.2) is 48.5 Å². The van der Waals surface area contributed by atoms with Crippen LogP contribution < -0.4 is 0 Å². The maximum Gasteiger partial charge on any atom is 0.0477 e. The van der Waals surface area contributed by atoms with Gasteiger partial charge in [-0.3, -0.25) is 4.90 Å². The number of rotatable bonds is 5. The second-order valence-corrected chi connectivity index (χ2v) is 9.03. The van der Waals surface area contributed by atoms with E-state index in [9.17, 15) is 0 Å². The first-order valence-electron chi connectivity index (χ1n) is 11.0. The zero-order valence-electron chi connectivity index (χ0n) is 17.2. The van der Waals surface area contributed by atoms with E-state index in [-0.39, 0.29) is 0 Å². The van der Waals surface area contributed by atoms with E-state index < -0.39 is 0 Å². The summed E-state index contributed by atoms with van der Waals surface area (Å²) in [6.07, 6.45) is 8.38. The van der Waals surface area contributed by atoms with Crippen LogP contribution >= 0.6 is 11.6 Å². The highest BCUT2D eigenvalue weighted by Crippen LogP contribution is 2.36. The van der Waals surface area contributed by atoms with Gasteiger partial charge >= 0.3 is 0 Å². The number of aryl methyl sites for hydroxylation is 2. The van der Waals surface area contributed by atoms with Gasteiger partial charge in [-0.2, -0.15) is 0 Å². The Kier molecular flexibility index (Phi) is 5.24. The largest absolute Gasteiger partial charge is 0.358 e. The standard InChI is InChI=1S/C26H29ClN2/c1-2-5-24-26(23-11-10-21(27)16-25(23)28-24)19-12-14-29(15-13-19)17-20-9-8-18-6-3-4-7-22(18)20/h3-4,6-7,10-12,16,20,28H,2,5,8-9,13-15,17H2,1H3. The molecule has 0 radical (unpaired) electrons. The van der Waals surface area contributed by atoms with E-state index in [0.717, 1.165) is 37.4 Å². The lowest BCUT2D eigenvalue weighted by molar-refractivity contribution is 0.281. The molecule has 3 aromatic rings. The normalized spacial score (nSPS) is 19.5. The van der Waals surface area contributed by atoms with Crippen molar-refractivity contribution in [2.75, 3.05) is 19.6 Å². The van der Waals surface area contributed by atoms with Gasteiger partial charge < -0.3 is 4.98 Å².